The van der Waals surface area contributed by atoms with Gasteiger partial charge in [-0.15, -0.1) is 0 Å². The number of pyridine rings is 1. The highest BCUT2D eigenvalue weighted by atomic mass is 16.5. The average Bonchev–Trinajstić information content (AvgIpc) is 3.42. The van der Waals surface area contributed by atoms with Crippen LogP contribution >= 0.6 is 0 Å². The standard InChI is InChI=1S/C33H37N5O3/c1-20(2)32(29-5-3-4-14-35-29)38-30-13-8-22(33(34)39)15-28(30)31(36-38)21-6-11-26(12-7-21)41-27-16-23-9-10-24(17-27)37(23)25-18-40-19-25/h3-8,11-15,20,23-25,27,32H,9-10,16-19H2,1-2H3,(H2,34,39). The van der Waals surface area contributed by atoms with Gasteiger partial charge in [-0.1, -0.05) is 19.9 Å². The molecule has 0 spiro atoms. The zero-order valence-corrected chi connectivity index (χ0v) is 23.6. The molecule has 0 radical (unpaired) electrons. The minimum absolute atomic E-state index is 0.0674. The number of nitrogens with two attached hydrogens (primary N) is 1. The maximum atomic E-state index is 12.1. The topological polar surface area (TPSA) is 95.5 Å². The Labute approximate surface area is 240 Å². The second-order valence-electron chi connectivity index (χ2n) is 12.1. The van der Waals surface area contributed by atoms with Crippen molar-refractivity contribution < 1.29 is 14.3 Å². The van der Waals surface area contributed by atoms with Crippen LogP contribution in [0, 0.1) is 5.92 Å². The van der Waals surface area contributed by atoms with Gasteiger partial charge >= 0.3 is 0 Å². The van der Waals surface area contributed by atoms with E-state index < -0.39 is 5.91 Å². The van der Waals surface area contributed by atoms with Gasteiger partial charge in [0.1, 0.15) is 17.5 Å². The van der Waals surface area contributed by atoms with Crippen LogP contribution < -0.4 is 10.5 Å². The van der Waals surface area contributed by atoms with Crippen molar-refractivity contribution >= 4 is 16.8 Å². The molecular formula is C33H37N5O3. The van der Waals surface area contributed by atoms with Crippen molar-refractivity contribution in [1.29, 1.82) is 0 Å². The van der Waals surface area contributed by atoms with E-state index in [0.717, 1.165) is 59.7 Å². The van der Waals surface area contributed by atoms with Crippen LogP contribution in [0.5, 0.6) is 5.75 Å². The number of primary amides is 1. The Balaban J connectivity index is 1.18. The molecule has 2 bridgehead atoms. The van der Waals surface area contributed by atoms with Crippen molar-refractivity contribution in [2.24, 2.45) is 11.7 Å². The normalized spacial score (nSPS) is 23.5. The molecule has 2 aromatic carbocycles. The monoisotopic (exact) mass is 551 g/mol. The lowest BCUT2D eigenvalue weighted by Gasteiger charge is -2.46. The van der Waals surface area contributed by atoms with Crippen LogP contribution in [-0.2, 0) is 4.74 Å². The number of aromatic nitrogens is 3. The molecule has 8 heteroatoms. The third-order valence-electron chi connectivity index (χ3n) is 9.10. The van der Waals surface area contributed by atoms with Crippen LogP contribution in [0.3, 0.4) is 0 Å². The number of carbonyl (C=O) groups excluding carboxylic acids is 1. The Hall–Kier alpha value is -3.75. The Morgan fingerprint density at radius 2 is 1.76 bits per heavy atom. The van der Waals surface area contributed by atoms with Crippen molar-refractivity contribution in [2.45, 2.75) is 69.8 Å². The largest absolute Gasteiger partial charge is 0.490 e. The predicted molar refractivity (Wildman–Crippen MR) is 158 cm³/mol. The van der Waals surface area contributed by atoms with E-state index in [1.165, 1.54) is 12.8 Å². The molecule has 8 nitrogen and oxygen atoms in total. The van der Waals surface area contributed by atoms with Crippen LogP contribution in [-0.4, -0.2) is 63.0 Å². The van der Waals surface area contributed by atoms with Crippen molar-refractivity contribution in [1.82, 2.24) is 19.7 Å². The minimum Gasteiger partial charge on any atom is -0.490 e. The molecule has 41 heavy (non-hydrogen) atoms. The second kappa shape index (κ2) is 10.6. The number of hydrogen-bond donors (Lipinski definition) is 1. The number of amides is 1. The highest BCUT2D eigenvalue weighted by molar-refractivity contribution is 6.01. The quantitative estimate of drug-likeness (QED) is 0.323. The zero-order chi connectivity index (χ0) is 28.1. The molecule has 212 valence electrons. The van der Waals surface area contributed by atoms with E-state index in [0.29, 0.717) is 23.7 Å². The van der Waals surface area contributed by atoms with E-state index in [9.17, 15) is 4.79 Å². The molecule has 2 N–H and O–H groups in total. The fraction of sp³-hybridized carbons (Fsp3) is 0.424. The first kappa shape index (κ1) is 26.2. The van der Waals surface area contributed by atoms with Gasteiger partial charge in [-0.05, 0) is 86.2 Å². The summed E-state index contributed by atoms with van der Waals surface area (Å²) in [4.78, 5) is 19.5. The molecule has 3 unspecified atom stereocenters. The predicted octanol–water partition coefficient (Wildman–Crippen LogP) is 5.22. The van der Waals surface area contributed by atoms with Crippen LogP contribution in [0.4, 0.5) is 0 Å². The first-order valence-electron chi connectivity index (χ1n) is 14.8. The smallest absolute Gasteiger partial charge is 0.248 e. The SMILES string of the molecule is CC(C)C(c1ccccn1)n1nc(-c2ccc(OC3CC4CCC(C3)N4C3COC3)cc2)c2cc(C(N)=O)ccc21. The van der Waals surface area contributed by atoms with Gasteiger partial charge in [0.25, 0.3) is 0 Å². The Kier molecular flexibility index (Phi) is 6.75. The van der Waals surface area contributed by atoms with Crippen molar-refractivity contribution in [3.05, 3.63) is 78.1 Å². The lowest BCUT2D eigenvalue weighted by atomic mass is 9.96. The third kappa shape index (κ3) is 4.79. The lowest BCUT2D eigenvalue weighted by molar-refractivity contribution is -0.102. The Bertz CT molecular complexity index is 1530. The highest BCUT2D eigenvalue weighted by Gasteiger charge is 2.46. The van der Waals surface area contributed by atoms with Gasteiger partial charge in [0.15, 0.2) is 0 Å². The summed E-state index contributed by atoms with van der Waals surface area (Å²) in [6, 6.07) is 21.5. The second-order valence-corrected chi connectivity index (χ2v) is 12.1. The maximum Gasteiger partial charge on any atom is 0.248 e. The molecule has 3 saturated heterocycles. The van der Waals surface area contributed by atoms with Gasteiger partial charge < -0.3 is 15.2 Å². The fourth-order valence-electron chi connectivity index (χ4n) is 7.15. The summed E-state index contributed by atoms with van der Waals surface area (Å²) in [6.07, 6.45) is 6.72. The van der Waals surface area contributed by atoms with Gasteiger partial charge in [0.05, 0.1) is 36.5 Å². The number of benzene rings is 2. The molecule has 2 aromatic heterocycles. The van der Waals surface area contributed by atoms with Crippen molar-refractivity contribution in [2.75, 3.05) is 13.2 Å². The van der Waals surface area contributed by atoms with Gasteiger partial charge in [-0.3, -0.25) is 19.4 Å². The van der Waals surface area contributed by atoms with Gasteiger partial charge in [0, 0.05) is 34.8 Å². The van der Waals surface area contributed by atoms with Crippen LogP contribution in [0.1, 0.15) is 61.6 Å². The highest BCUT2D eigenvalue weighted by Crippen LogP contribution is 2.40. The number of fused-ring (bicyclic) bond motifs is 3. The molecule has 3 aliphatic heterocycles. The lowest BCUT2D eigenvalue weighted by Crippen LogP contribution is -2.57. The zero-order valence-electron chi connectivity index (χ0n) is 23.6. The first-order chi connectivity index (χ1) is 20.0. The van der Waals surface area contributed by atoms with E-state index in [2.05, 4.69) is 35.9 Å². The number of carbonyl (C=O) groups is 1. The molecule has 4 aromatic rings. The molecule has 5 heterocycles. The summed E-state index contributed by atoms with van der Waals surface area (Å²) in [5.41, 5.74) is 9.79. The summed E-state index contributed by atoms with van der Waals surface area (Å²) in [6.45, 7) is 6.11. The maximum absolute atomic E-state index is 12.1. The summed E-state index contributed by atoms with van der Waals surface area (Å²) >= 11 is 0. The van der Waals surface area contributed by atoms with Crippen LogP contribution in [0.2, 0.25) is 0 Å². The van der Waals surface area contributed by atoms with Gasteiger partial charge in [-0.25, -0.2) is 0 Å². The van der Waals surface area contributed by atoms with Crippen LogP contribution in [0.25, 0.3) is 22.2 Å². The molecule has 0 saturated carbocycles. The number of nitrogens with zero attached hydrogens (tertiary/aromatic N) is 4. The van der Waals surface area contributed by atoms with E-state index >= 15 is 0 Å². The van der Waals surface area contributed by atoms with E-state index in [4.69, 9.17) is 20.3 Å². The Morgan fingerprint density at radius 3 is 2.37 bits per heavy atom. The summed E-state index contributed by atoms with van der Waals surface area (Å²) < 4.78 is 14.0. The van der Waals surface area contributed by atoms with E-state index in [-0.39, 0.29) is 18.1 Å². The van der Waals surface area contributed by atoms with Crippen LogP contribution in [0.15, 0.2) is 66.9 Å². The molecule has 3 aliphatic rings. The Morgan fingerprint density at radius 1 is 1.00 bits per heavy atom. The number of rotatable bonds is 8. The minimum atomic E-state index is -0.454. The van der Waals surface area contributed by atoms with E-state index in [1.54, 1.807) is 6.07 Å². The van der Waals surface area contributed by atoms with Crippen molar-refractivity contribution in [3.8, 4) is 17.0 Å². The molecule has 3 atom stereocenters. The number of hydrogen-bond acceptors (Lipinski definition) is 6. The van der Waals surface area contributed by atoms with E-state index in [1.807, 2.05) is 53.3 Å². The van der Waals surface area contributed by atoms with Gasteiger partial charge in [0.2, 0.25) is 5.91 Å². The van der Waals surface area contributed by atoms with Gasteiger partial charge in [-0.2, -0.15) is 5.10 Å². The third-order valence-corrected chi connectivity index (χ3v) is 9.10. The fourth-order valence-corrected chi connectivity index (χ4v) is 7.15. The average molecular weight is 552 g/mol. The molecule has 0 aliphatic carbocycles. The molecular weight excluding hydrogens is 514 g/mol. The molecule has 7 rings (SSSR count). The molecule has 1 amide bonds. The first-order valence-corrected chi connectivity index (χ1v) is 14.8. The van der Waals surface area contributed by atoms with Crippen molar-refractivity contribution in [3.63, 3.8) is 0 Å². The number of ether oxygens (including phenoxy) is 2. The molecule has 3 fully saturated rings. The summed E-state index contributed by atoms with van der Waals surface area (Å²) in [5, 5.41) is 6.03. The summed E-state index contributed by atoms with van der Waals surface area (Å²) in [7, 11) is 0. The number of piperidine rings is 1. The summed E-state index contributed by atoms with van der Waals surface area (Å²) in [5.74, 6) is 0.670.